The van der Waals surface area contributed by atoms with Gasteiger partial charge in [-0.1, -0.05) is 19.3 Å². The topological polar surface area (TPSA) is 106 Å². The summed E-state index contributed by atoms with van der Waals surface area (Å²) in [5, 5.41) is 15.4. The zero-order valence-electron chi connectivity index (χ0n) is 21.9. The fourth-order valence-electron chi connectivity index (χ4n) is 5.45. The number of fused-ring (bicyclic) bond motifs is 1. The van der Waals surface area contributed by atoms with Crippen LogP contribution in [0.25, 0.3) is 11.0 Å². The summed E-state index contributed by atoms with van der Waals surface area (Å²) in [6.07, 6.45) is 5.35. The van der Waals surface area contributed by atoms with Gasteiger partial charge in [0, 0.05) is 63.5 Å². The lowest BCUT2D eigenvalue weighted by molar-refractivity contribution is -0.123. The Hall–Kier alpha value is -3.74. The third-order valence-electron chi connectivity index (χ3n) is 7.76. The number of carbonyl (C=O) groups excluding carboxylic acids is 2. The number of hydrogen-bond donors (Lipinski definition) is 2. The minimum Gasteiger partial charge on any atom is -0.315 e. The Labute approximate surface area is 223 Å². The fraction of sp³-hybridized carbons (Fsp3) is 0.448. The Morgan fingerprint density at radius 1 is 1.08 bits per heavy atom. The van der Waals surface area contributed by atoms with Crippen LogP contribution >= 0.6 is 0 Å². The molecule has 1 aliphatic heterocycles. The Bertz CT molecular complexity index is 1330. The number of nitrogens with zero attached hydrogens (tertiary/aromatic N) is 5. The zero-order valence-corrected chi connectivity index (χ0v) is 21.9. The van der Waals surface area contributed by atoms with Crippen molar-refractivity contribution in [1.29, 1.82) is 5.26 Å². The first-order valence-corrected chi connectivity index (χ1v) is 13.6. The monoisotopic (exact) mass is 513 g/mol. The maximum Gasteiger partial charge on any atom is 0.257 e. The molecule has 2 aromatic carbocycles. The van der Waals surface area contributed by atoms with E-state index in [-0.39, 0.29) is 17.7 Å². The molecule has 0 atom stereocenters. The second-order valence-electron chi connectivity index (χ2n) is 10.2. The van der Waals surface area contributed by atoms with Crippen molar-refractivity contribution >= 4 is 34.5 Å². The molecule has 1 aliphatic carbocycles. The van der Waals surface area contributed by atoms with Gasteiger partial charge in [0.1, 0.15) is 0 Å². The molecule has 2 fully saturated rings. The molecule has 2 heterocycles. The highest BCUT2D eigenvalue weighted by Crippen LogP contribution is 2.29. The molecule has 2 N–H and O–H groups in total. The Morgan fingerprint density at radius 3 is 2.53 bits per heavy atom. The molecule has 1 aromatic heterocycles. The standard InChI is InChI=1S/C29H35N7O2/c1-34(28(38)23-5-3-2-4-6-23)24-11-12-26-25(19-24)32-29(36(26)18-17-35-15-13-31-14-16-35)33-27(37)22-9-7-21(20-30)8-10-22/h7-12,19,23,31H,2-6,13-18H2,1H3,(H,32,33,37). The molecule has 1 saturated heterocycles. The van der Waals surface area contributed by atoms with Gasteiger partial charge in [-0.15, -0.1) is 0 Å². The number of hydrogen-bond acceptors (Lipinski definition) is 6. The van der Waals surface area contributed by atoms with Crippen LogP contribution in [0.2, 0.25) is 0 Å². The van der Waals surface area contributed by atoms with E-state index in [9.17, 15) is 9.59 Å². The summed E-state index contributed by atoms with van der Waals surface area (Å²) < 4.78 is 2.05. The van der Waals surface area contributed by atoms with Crippen LogP contribution < -0.4 is 15.5 Å². The molecule has 3 aromatic rings. The molecule has 0 spiro atoms. The number of benzene rings is 2. The summed E-state index contributed by atoms with van der Waals surface area (Å²) >= 11 is 0. The maximum atomic E-state index is 13.1. The summed E-state index contributed by atoms with van der Waals surface area (Å²) in [5.41, 5.74) is 3.43. The molecular formula is C29H35N7O2. The second kappa shape index (κ2) is 11.8. The molecule has 0 unspecified atom stereocenters. The smallest absolute Gasteiger partial charge is 0.257 e. The van der Waals surface area contributed by atoms with Crippen molar-refractivity contribution in [3.8, 4) is 6.07 Å². The van der Waals surface area contributed by atoms with E-state index in [0.29, 0.717) is 23.6 Å². The van der Waals surface area contributed by atoms with E-state index in [0.717, 1.165) is 75.1 Å². The first-order valence-electron chi connectivity index (χ1n) is 13.6. The number of aromatic nitrogens is 2. The number of carbonyl (C=O) groups is 2. The van der Waals surface area contributed by atoms with Crippen LogP contribution in [0.3, 0.4) is 0 Å². The van der Waals surface area contributed by atoms with Gasteiger partial charge in [0.2, 0.25) is 11.9 Å². The molecule has 198 valence electrons. The van der Waals surface area contributed by atoms with E-state index >= 15 is 0 Å². The highest BCUT2D eigenvalue weighted by Gasteiger charge is 2.25. The number of imidazole rings is 1. The normalized spacial score (nSPS) is 16.7. The molecule has 9 heteroatoms. The van der Waals surface area contributed by atoms with Gasteiger partial charge in [-0.05, 0) is 55.3 Å². The van der Waals surface area contributed by atoms with Crippen molar-refractivity contribution in [3.63, 3.8) is 0 Å². The second-order valence-corrected chi connectivity index (χ2v) is 10.2. The van der Waals surface area contributed by atoms with E-state index in [1.165, 1.54) is 6.42 Å². The van der Waals surface area contributed by atoms with Crippen LogP contribution in [0.4, 0.5) is 11.6 Å². The van der Waals surface area contributed by atoms with E-state index in [1.54, 1.807) is 29.2 Å². The first-order chi connectivity index (χ1) is 18.5. The third-order valence-corrected chi connectivity index (χ3v) is 7.76. The largest absolute Gasteiger partial charge is 0.315 e. The Balaban J connectivity index is 1.41. The summed E-state index contributed by atoms with van der Waals surface area (Å²) in [4.78, 5) is 35.2. The first kappa shape index (κ1) is 25.9. The molecule has 0 radical (unpaired) electrons. The summed E-state index contributed by atoms with van der Waals surface area (Å²) in [6, 6.07) is 14.5. The van der Waals surface area contributed by atoms with Gasteiger partial charge in [-0.25, -0.2) is 4.98 Å². The summed E-state index contributed by atoms with van der Waals surface area (Å²) in [6.45, 7) is 5.43. The number of piperazine rings is 1. The lowest BCUT2D eigenvalue weighted by Gasteiger charge is -2.27. The molecule has 1 saturated carbocycles. The number of anilines is 2. The third kappa shape index (κ3) is 5.72. The molecule has 9 nitrogen and oxygen atoms in total. The van der Waals surface area contributed by atoms with Gasteiger partial charge in [-0.2, -0.15) is 5.26 Å². The molecular weight excluding hydrogens is 478 g/mol. The highest BCUT2D eigenvalue weighted by atomic mass is 16.2. The quantitative estimate of drug-likeness (QED) is 0.500. The number of nitriles is 1. The van der Waals surface area contributed by atoms with Crippen molar-refractivity contribution in [1.82, 2.24) is 19.8 Å². The van der Waals surface area contributed by atoms with E-state index < -0.39 is 0 Å². The van der Waals surface area contributed by atoms with Crippen LogP contribution in [-0.2, 0) is 11.3 Å². The van der Waals surface area contributed by atoms with E-state index in [2.05, 4.69) is 21.6 Å². The van der Waals surface area contributed by atoms with Gasteiger partial charge in [0.15, 0.2) is 0 Å². The van der Waals surface area contributed by atoms with Crippen LogP contribution in [-0.4, -0.2) is 66.0 Å². The summed E-state index contributed by atoms with van der Waals surface area (Å²) in [7, 11) is 1.84. The minimum absolute atomic E-state index is 0.0864. The molecule has 0 bridgehead atoms. The van der Waals surface area contributed by atoms with Crippen molar-refractivity contribution in [2.75, 3.05) is 50.0 Å². The molecule has 2 aliphatic rings. The highest BCUT2D eigenvalue weighted by molar-refractivity contribution is 6.04. The molecule has 38 heavy (non-hydrogen) atoms. The maximum absolute atomic E-state index is 13.1. The predicted molar refractivity (Wildman–Crippen MR) is 148 cm³/mol. The van der Waals surface area contributed by atoms with Crippen LogP contribution in [0, 0.1) is 17.2 Å². The van der Waals surface area contributed by atoms with E-state index in [4.69, 9.17) is 10.2 Å². The van der Waals surface area contributed by atoms with Gasteiger partial charge < -0.3 is 14.8 Å². The minimum atomic E-state index is -0.280. The predicted octanol–water partition coefficient (Wildman–Crippen LogP) is 3.61. The Morgan fingerprint density at radius 2 is 1.82 bits per heavy atom. The van der Waals surface area contributed by atoms with Gasteiger partial charge >= 0.3 is 0 Å². The lowest BCUT2D eigenvalue weighted by atomic mass is 9.88. The average Bonchev–Trinajstić information content (AvgIpc) is 3.32. The Kier molecular flexibility index (Phi) is 8.01. The average molecular weight is 514 g/mol. The van der Waals surface area contributed by atoms with Crippen LogP contribution in [0.5, 0.6) is 0 Å². The summed E-state index contributed by atoms with van der Waals surface area (Å²) in [5.74, 6) is 0.445. The van der Waals surface area contributed by atoms with Gasteiger partial charge in [-0.3, -0.25) is 19.8 Å². The van der Waals surface area contributed by atoms with Crippen LogP contribution in [0.1, 0.15) is 48.0 Å². The van der Waals surface area contributed by atoms with Crippen molar-refractivity contribution < 1.29 is 9.59 Å². The van der Waals surface area contributed by atoms with E-state index in [1.807, 2.05) is 29.8 Å². The number of nitrogens with one attached hydrogen (secondary N) is 2. The van der Waals surface area contributed by atoms with Crippen molar-refractivity contribution in [2.45, 2.75) is 38.6 Å². The number of amides is 2. The van der Waals surface area contributed by atoms with Crippen molar-refractivity contribution in [3.05, 3.63) is 53.6 Å². The molecule has 5 rings (SSSR count). The van der Waals surface area contributed by atoms with Crippen LogP contribution in [0.15, 0.2) is 42.5 Å². The van der Waals surface area contributed by atoms with Gasteiger partial charge in [0.05, 0.1) is 22.7 Å². The van der Waals surface area contributed by atoms with Crippen molar-refractivity contribution in [2.24, 2.45) is 5.92 Å². The lowest BCUT2D eigenvalue weighted by Crippen LogP contribution is -2.44. The SMILES string of the molecule is CN(C(=O)C1CCCCC1)c1ccc2c(c1)nc(NC(=O)c1ccc(C#N)cc1)n2CCN1CCNCC1. The van der Waals surface area contributed by atoms with Gasteiger partial charge in [0.25, 0.3) is 5.91 Å². The zero-order chi connectivity index (χ0) is 26.5. The fourth-order valence-corrected chi connectivity index (χ4v) is 5.45. The molecule has 2 amide bonds. The number of rotatable bonds is 7.